The van der Waals surface area contributed by atoms with Crippen LogP contribution in [0, 0.1) is 13.8 Å². The first kappa shape index (κ1) is 15.9. The van der Waals surface area contributed by atoms with Crippen LogP contribution in [0.4, 0.5) is 11.5 Å². The molecule has 2 aromatic rings. The van der Waals surface area contributed by atoms with Gasteiger partial charge in [-0.2, -0.15) is 0 Å². The summed E-state index contributed by atoms with van der Waals surface area (Å²) in [5, 5.41) is 3.27. The lowest BCUT2D eigenvalue weighted by molar-refractivity contribution is 0.0766. The Hall–Kier alpha value is -2.43. The molecule has 0 spiro atoms. The fourth-order valence-corrected chi connectivity index (χ4v) is 2.32. The second-order valence-corrected chi connectivity index (χ2v) is 5.16. The number of nitrogens with zero attached hydrogens (tertiary/aromatic N) is 3. The molecule has 5 nitrogen and oxygen atoms in total. The highest BCUT2D eigenvalue weighted by atomic mass is 16.2. The van der Waals surface area contributed by atoms with E-state index in [1.807, 2.05) is 45.9 Å². The summed E-state index contributed by atoms with van der Waals surface area (Å²) in [6.45, 7) is 9.32. The monoisotopic (exact) mass is 298 g/mol. The molecule has 1 amide bonds. The van der Waals surface area contributed by atoms with E-state index >= 15 is 0 Å². The normalized spacial score (nSPS) is 10.4. The number of hydrogen-bond acceptors (Lipinski definition) is 4. The van der Waals surface area contributed by atoms with Gasteiger partial charge in [-0.3, -0.25) is 4.79 Å². The smallest absolute Gasteiger partial charge is 0.274 e. The van der Waals surface area contributed by atoms with Gasteiger partial charge in [0.25, 0.3) is 5.91 Å². The Morgan fingerprint density at radius 3 is 2.23 bits per heavy atom. The van der Waals surface area contributed by atoms with Gasteiger partial charge in [0.1, 0.15) is 11.5 Å². The molecule has 0 radical (unpaired) electrons. The van der Waals surface area contributed by atoms with Gasteiger partial charge in [0.15, 0.2) is 0 Å². The van der Waals surface area contributed by atoms with Gasteiger partial charge in [-0.25, -0.2) is 9.97 Å². The Balaban J connectivity index is 2.17. The number of aryl methyl sites for hydroxylation is 2. The molecule has 0 fully saturated rings. The summed E-state index contributed by atoms with van der Waals surface area (Å²) < 4.78 is 0. The lowest BCUT2D eigenvalue weighted by Crippen LogP contribution is -2.31. The number of anilines is 2. The van der Waals surface area contributed by atoms with E-state index in [-0.39, 0.29) is 5.91 Å². The maximum atomic E-state index is 12.2. The van der Waals surface area contributed by atoms with E-state index in [4.69, 9.17) is 0 Å². The summed E-state index contributed by atoms with van der Waals surface area (Å²) in [5.41, 5.74) is 3.69. The van der Waals surface area contributed by atoms with Gasteiger partial charge in [0, 0.05) is 18.8 Å². The highest BCUT2D eigenvalue weighted by Gasteiger charge is 2.14. The number of carbonyl (C=O) groups is 1. The number of rotatable bonds is 5. The largest absolute Gasteiger partial charge is 0.339 e. The molecule has 0 atom stereocenters. The number of nitrogens with one attached hydrogen (secondary N) is 1. The van der Waals surface area contributed by atoms with E-state index in [0.29, 0.717) is 24.6 Å². The van der Waals surface area contributed by atoms with Gasteiger partial charge in [-0.05, 0) is 38.8 Å². The molecule has 0 unspecified atom stereocenters. The zero-order valence-corrected chi connectivity index (χ0v) is 13.6. The van der Waals surface area contributed by atoms with Gasteiger partial charge in [-0.1, -0.05) is 18.2 Å². The van der Waals surface area contributed by atoms with E-state index in [1.54, 1.807) is 11.1 Å². The van der Waals surface area contributed by atoms with E-state index in [2.05, 4.69) is 15.3 Å². The summed E-state index contributed by atoms with van der Waals surface area (Å²) in [5.74, 6) is 0.546. The van der Waals surface area contributed by atoms with Crippen LogP contribution in [0.3, 0.4) is 0 Å². The van der Waals surface area contributed by atoms with Crippen molar-refractivity contribution in [2.24, 2.45) is 0 Å². The molecule has 22 heavy (non-hydrogen) atoms. The van der Waals surface area contributed by atoms with Crippen molar-refractivity contribution in [1.82, 2.24) is 14.9 Å². The number of amides is 1. The third-order valence-corrected chi connectivity index (χ3v) is 3.66. The van der Waals surface area contributed by atoms with E-state index < -0.39 is 0 Å². The summed E-state index contributed by atoms with van der Waals surface area (Å²) in [6.07, 6.45) is 3.12. The summed E-state index contributed by atoms with van der Waals surface area (Å²) in [7, 11) is 0. The predicted molar refractivity (Wildman–Crippen MR) is 88.5 cm³/mol. The van der Waals surface area contributed by atoms with Crippen LogP contribution < -0.4 is 5.32 Å². The van der Waals surface area contributed by atoms with Crippen LogP contribution in [0.2, 0.25) is 0 Å². The van der Waals surface area contributed by atoms with Crippen LogP contribution in [0.5, 0.6) is 0 Å². The third kappa shape index (κ3) is 3.42. The number of hydrogen-bond donors (Lipinski definition) is 1. The Morgan fingerprint density at radius 2 is 1.73 bits per heavy atom. The highest BCUT2D eigenvalue weighted by Crippen LogP contribution is 2.22. The van der Waals surface area contributed by atoms with Gasteiger partial charge in [-0.15, -0.1) is 0 Å². The molecule has 0 saturated heterocycles. The number of aromatic nitrogens is 2. The number of para-hydroxylation sites is 1. The first-order valence-electron chi connectivity index (χ1n) is 7.51. The first-order chi connectivity index (χ1) is 10.6. The molecule has 1 N–H and O–H groups in total. The van der Waals surface area contributed by atoms with E-state index in [9.17, 15) is 4.79 Å². The fraction of sp³-hybridized carbons (Fsp3) is 0.353. The topological polar surface area (TPSA) is 58.1 Å². The molecule has 2 rings (SSSR count). The maximum Gasteiger partial charge on any atom is 0.274 e. The molecule has 5 heteroatoms. The van der Waals surface area contributed by atoms with Crippen molar-refractivity contribution < 1.29 is 4.79 Å². The Morgan fingerprint density at radius 1 is 1.09 bits per heavy atom. The van der Waals surface area contributed by atoms with Crippen molar-refractivity contribution in [3.8, 4) is 0 Å². The zero-order chi connectivity index (χ0) is 16.1. The first-order valence-corrected chi connectivity index (χ1v) is 7.51. The minimum absolute atomic E-state index is 0.0869. The molecule has 1 aromatic carbocycles. The standard InChI is InChI=1S/C17H22N4O/c1-5-21(6-2)17(22)14-10-19-15(11-18-14)20-16-12(3)8-7-9-13(16)4/h7-11H,5-6H2,1-4H3,(H,19,20). The van der Waals surface area contributed by atoms with Crippen LogP contribution in [0.25, 0.3) is 0 Å². The molecular weight excluding hydrogens is 276 g/mol. The average Bonchev–Trinajstić information content (AvgIpc) is 2.53. The molecule has 0 aliphatic carbocycles. The average molecular weight is 298 g/mol. The Labute approximate surface area is 131 Å². The molecule has 0 aliphatic rings. The maximum absolute atomic E-state index is 12.2. The SMILES string of the molecule is CCN(CC)C(=O)c1cnc(Nc2c(C)cccc2C)cn1. The summed E-state index contributed by atoms with van der Waals surface area (Å²) in [4.78, 5) is 22.5. The van der Waals surface area contributed by atoms with Crippen LogP contribution in [0.1, 0.15) is 35.5 Å². The van der Waals surface area contributed by atoms with Crippen LogP contribution in [-0.4, -0.2) is 33.9 Å². The van der Waals surface area contributed by atoms with Crippen LogP contribution >= 0.6 is 0 Å². The van der Waals surface area contributed by atoms with Crippen molar-refractivity contribution in [1.29, 1.82) is 0 Å². The molecule has 1 aromatic heterocycles. The van der Waals surface area contributed by atoms with Gasteiger partial charge < -0.3 is 10.2 Å². The molecule has 116 valence electrons. The molecule has 1 heterocycles. The third-order valence-electron chi connectivity index (χ3n) is 3.66. The molecule has 0 bridgehead atoms. The number of benzene rings is 1. The van der Waals surface area contributed by atoms with Crippen LogP contribution in [-0.2, 0) is 0 Å². The Bertz CT molecular complexity index is 628. The lowest BCUT2D eigenvalue weighted by Gasteiger charge is -2.18. The summed E-state index contributed by atoms with van der Waals surface area (Å²) in [6, 6.07) is 6.11. The minimum atomic E-state index is -0.0869. The Kier molecular flexibility index (Phi) is 5.09. The quantitative estimate of drug-likeness (QED) is 0.920. The minimum Gasteiger partial charge on any atom is -0.339 e. The molecule has 0 saturated carbocycles. The van der Waals surface area contributed by atoms with Gasteiger partial charge >= 0.3 is 0 Å². The van der Waals surface area contributed by atoms with Crippen molar-refractivity contribution in [2.45, 2.75) is 27.7 Å². The fourth-order valence-electron chi connectivity index (χ4n) is 2.32. The van der Waals surface area contributed by atoms with Gasteiger partial charge in [0.05, 0.1) is 12.4 Å². The second-order valence-electron chi connectivity index (χ2n) is 5.16. The zero-order valence-electron chi connectivity index (χ0n) is 13.6. The van der Waals surface area contributed by atoms with Crippen molar-refractivity contribution in [2.75, 3.05) is 18.4 Å². The number of carbonyl (C=O) groups excluding carboxylic acids is 1. The van der Waals surface area contributed by atoms with Crippen molar-refractivity contribution in [3.05, 3.63) is 47.4 Å². The van der Waals surface area contributed by atoms with Crippen molar-refractivity contribution >= 4 is 17.4 Å². The van der Waals surface area contributed by atoms with Crippen molar-refractivity contribution in [3.63, 3.8) is 0 Å². The molecular formula is C17H22N4O. The lowest BCUT2D eigenvalue weighted by atomic mass is 10.1. The van der Waals surface area contributed by atoms with E-state index in [1.165, 1.54) is 6.20 Å². The molecule has 0 aliphatic heterocycles. The predicted octanol–water partition coefficient (Wildman–Crippen LogP) is 3.32. The second kappa shape index (κ2) is 7.02. The van der Waals surface area contributed by atoms with Crippen LogP contribution in [0.15, 0.2) is 30.6 Å². The summed E-state index contributed by atoms with van der Waals surface area (Å²) >= 11 is 0. The van der Waals surface area contributed by atoms with E-state index in [0.717, 1.165) is 16.8 Å². The highest BCUT2D eigenvalue weighted by molar-refractivity contribution is 5.92. The van der Waals surface area contributed by atoms with Gasteiger partial charge in [0.2, 0.25) is 0 Å².